The zero-order valence-electron chi connectivity index (χ0n) is 13.3. The summed E-state index contributed by atoms with van der Waals surface area (Å²) in [6.07, 6.45) is 4.13. The Morgan fingerprint density at radius 3 is 2.62 bits per heavy atom. The molecule has 0 N–H and O–H groups in total. The molecule has 0 bridgehead atoms. The summed E-state index contributed by atoms with van der Waals surface area (Å²) in [6, 6.07) is 14.3. The topological polar surface area (TPSA) is 72.6 Å². The van der Waals surface area contributed by atoms with Gasteiger partial charge in [0.2, 0.25) is 0 Å². The predicted molar refractivity (Wildman–Crippen MR) is 100 cm³/mol. The van der Waals surface area contributed by atoms with Crippen LogP contribution < -0.4 is 0 Å². The minimum absolute atomic E-state index is 0.147. The summed E-state index contributed by atoms with van der Waals surface area (Å²) in [5.41, 5.74) is 2.84. The molecule has 6 heteroatoms. The molecule has 2 aliphatic carbocycles. The highest BCUT2D eigenvalue weighted by molar-refractivity contribution is 6.31. The molecule has 0 heterocycles. The zero-order chi connectivity index (χ0) is 18.3. The van der Waals surface area contributed by atoms with Crippen LogP contribution in [0.2, 0.25) is 5.02 Å². The molecule has 2 aromatic carbocycles. The van der Waals surface area contributed by atoms with E-state index in [-0.39, 0.29) is 22.6 Å². The lowest BCUT2D eigenvalue weighted by Gasteiger charge is -2.22. The number of fused-ring (bicyclic) bond motifs is 2. The number of aliphatic imine (C=N–C) groups is 1. The van der Waals surface area contributed by atoms with Gasteiger partial charge in [0.05, 0.1) is 21.9 Å². The SMILES string of the molecule is O=C1C=CC([N+](=O)[O-])=C2C1=Cc1ccccc1C2=Nc1cccc(Cl)c1. The number of nitro groups is 1. The van der Waals surface area contributed by atoms with Gasteiger partial charge in [0.25, 0.3) is 5.70 Å². The molecule has 4 rings (SSSR count). The van der Waals surface area contributed by atoms with Gasteiger partial charge in [-0.25, -0.2) is 4.99 Å². The fourth-order valence-corrected chi connectivity index (χ4v) is 3.24. The van der Waals surface area contributed by atoms with Gasteiger partial charge in [-0.2, -0.15) is 0 Å². The first-order valence-corrected chi connectivity index (χ1v) is 8.19. The van der Waals surface area contributed by atoms with Gasteiger partial charge in [0.15, 0.2) is 5.78 Å². The molecule has 0 unspecified atom stereocenters. The fraction of sp³-hybridized carbons (Fsp3) is 0. The van der Waals surface area contributed by atoms with Crippen LogP contribution in [0.15, 0.2) is 82.5 Å². The van der Waals surface area contributed by atoms with E-state index in [1.165, 1.54) is 12.2 Å². The van der Waals surface area contributed by atoms with Crippen molar-refractivity contribution in [2.24, 2.45) is 4.99 Å². The van der Waals surface area contributed by atoms with Crippen LogP contribution in [0.25, 0.3) is 6.08 Å². The lowest BCUT2D eigenvalue weighted by atomic mass is 9.81. The van der Waals surface area contributed by atoms with Crippen molar-refractivity contribution in [2.45, 2.75) is 0 Å². The number of benzene rings is 2. The number of hydrogen-bond acceptors (Lipinski definition) is 4. The molecule has 0 saturated carbocycles. The number of rotatable bonds is 2. The van der Waals surface area contributed by atoms with Crippen LogP contribution in [0.1, 0.15) is 11.1 Å². The molecule has 0 aliphatic heterocycles. The Bertz CT molecular complexity index is 1090. The molecule has 2 aliphatic rings. The Balaban J connectivity index is 2.06. The van der Waals surface area contributed by atoms with E-state index in [2.05, 4.69) is 4.99 Å². The monoisotopic (exact) mass is 362 g/mol. The highest BCUT2D eigenvalue weighted by atomic mass is 35.5. The molecule has 0 fully saturated rings. The Morgan fingerprint density at radius 1 is 1.04 bits per heavy atom. The maximum atomic E-state index is 12.4. The molecule has 0 atom stereocenters. The van der Waals surface area contributed by atoms with E-state index in [0.717, 1.165) is 11.1 Å². The molecule has 0 spiro atoms. The first kappa shape index (κ1) is 16.2. The van der Waals surface area contributed by atoms with E-state index in [1.807, 2.05) is 24.3 Å². The molecule has 0 saturated heterocycles. The summed E-state index contributed by atoms with van der Waals surface area (Å²) in [6.45, 7) is 0. The maximum absolute atomic E-state index is 12.4. The smallest absolute Gasteiger partial charge is 0.279 e. The van der Waals surface area contributed by atoms with Gasteiger partial charge in [0.1, 0.15) is 0 Å². The molecule has 0 aromatic heterocycles. The van der Waals surface area contributed by atoms with Gasteiger partial charge in [-0.15, -0.1) is 0 Å². The summed E-state index contributed by atoms with van der Waals surface area (Å²) >= 11 is 6.04. The number of hydrogen-bond donors (Lipinski definition) is 0. The van der Waals surface area contributed by atoms with E-state index in [4.69, 9.17) is 11.6 Å². The second kappa shape index (κ2) is 6.20. The van der Waals surface area contributed by atoms with Crippen molar-refractivity contribution >= 4 is 34.9 Å². The summed E-state index contributed by atoms with van der Waals surface area (Å²) < 4.78 is 0. The summed E-state index contributed by atoms with van der Waals surface area (Å²) in [7, 11) is 0. The Morgan fingerprint density at radius 2 is 1.85 bits per heavy atom. The summed E-state index contributed by atoms with van der Waals surface area (Å²) in [4.78, 5) is 28.1. The van der Waals surface area contributed by atoms with Gasteiger partial charge >= 0.3 is 0 Å². The number of carbonyl (C=O) groups excluding carboxylic acids is 1. The van der Waals surface area contributed by atoms with Crippen LogP contribution in [0.5, 0.6) is 0 Å². The van der Waals surface area contributed by atoms with Crippen LogP contribution in [-0.4, -0.2) is 16.4 Å². The van der Waals surface area contributed by atoms with Crippen LogP contribution in [0, 0.1) is 10.1 Å². The summed E-state index contributed by atoms with van der Waals surface area (Å²) in [5.74, 6) is -0.279. The van der Waals surface area contributed by atoms with Crippen LogP contribution in [0.3, 0.4) is 0 Å². The quantitative estimate of drug-likeness (QED) is 0.582. The molecule has 0 amide bonds. The first-order valence-electron chi connectivity index (χ1n) is 7.82. The third-order valence-electron chi connectivity index (χ3n) is 4.18. The molecule has 5 nitrogen and oxygen atoms in total. The average Bonchev–Trinajstić information content (AvgIpc) is 2.62. The van der Waals surface area contributed by atoms with Crippen molar-refractivity contribution in [3.63, 3.8) is 0 Å². The van der Waals surface area contributed by atoms with Gasteiger partial charge in [0, 0.05) is 22.2 Å². The number of nitrogens with zero attached hydrogens (tertiary/aromatic N) is 2. The highest BCUT2D eigenvalue weighted by Gasteiger charge is 2.34. The Labute approximate surface area is 153 Å². The van der Waals surface area contributed by atoms with Crippen LogP contribution in [0.4, 0.5) is 5.69 Å². The first-order chi connectivity index (χ1) is 12.5. The third kappa shape index (κ3) is 2.68. The molecular formula is C20H11ClN2O3. The normalized spacial score (nSPS) is 17.0. The minimum Gasteiger partial charge on any atom is -0.289 e. The lowest BCUT2D eigenvalue weighted by molar-refractivity contribution is -0.419. The molecule has 0 radical (unpaired) electrons. The standard InChI is InChI=1S/C20H11ClN2O3/c21-13-5-3-6-14(11-13)22-20-15-7-2-1-4-12(15)10-16-18(24)9-8-17(19(16)20)23(25)26/h1-11H. The largest absolute Gasteiger partial charge is 0.289 e. The average molecular weight is 363 g/mol. The molecule has 126 valence electrons. The third-order valence-corrected chi connectivity index (χ3v) is 4.42. The van der Waals surface area contributed by atoms with Crippen LogP contribution in [-0.2, 0) is 4.79 Å². The number of allylic oxidation sites excluding steroid dienone is 4. The summed E-state index contributed by atoms with van der Waals surface area (Å²) in [5, 5.41) is 12.1. The maximum Gasteiger partial charge on any atom is 0.279 e. The van der Waals surface area contributed by atoms with Crippen molar-refractivity contribution < 1.29 is 9.72 Å². The van der Waals surface area contributed by atoms with E-state index < -0.39 is 4.92 Å². The minimum atomic E-state index is -0.493. The second-order valence-electron chi connectivity index (χ2n) is 5.80. The predicted octanol–water partition coefficient (Wildman–Crippen LogP) is 4.53. The zero-order valence-corrected chi connectivity index (χ0v) is 14.1. The fourth-order valence-electron chi connectivity index (χ4n) is 3.05. The van der Waals surface area contributed by atoms with Gasteiger partial charge in [-0.1, -0.05) is 41.9 Å². The molecular weight excluding hydrogens is 352 g/mol. The number of halogens is 1. The Kier molecular flexibility index (Phi) is 3.86. The molecule has 26 heavy (non-hydrogen) atoms. The molecule has 2 aromatic rings. The van der Waals surface area contributed by atoms with Crippen molar-refractivity contribution in [1.82, 2.24) is 0 Å². The van der Waals surface area contributed by atoms with Gasteiger partial charge in [-0.05, 0) is 35.9 Å². The number of carbonyl (C=O) groups is 1. The van der Waals surface area contributed by atoms with Crippen LogP contribution >= 0.6 is 11.6 Å². The van der Waals surface area contributed by atoms with Gasteiger partial charge < -0.3 is 0 Å². The van der Waals surface area contributed by atoms with Crippen molar-refractivity contribution in [3.05, 3.63) is 104 Å². The van der Waals surface area contributed by atoms with Crippen molar-refractivity contribution in [1.29, 1.82) is 0 Å². The van der Waals surface area contributed by atoms with Gasteiger partial charge in [-0.3, -0.25) is 14.9 Å². The van der Waals surface area contributed by atoms with E-state index in [1.54, 1.807) is 30.3 Å². The highest BCUT2D eigenvalue weighted by Crippen LogP contribution is 2.36. The van der Waals surface area contributed by atoms with E-state index in [0.29, 0.717) is 16.4 Å². The van der Waals surface area contributed by atoms with Crippen molar-refractivity contribution in [3.8, 4) is 0 Å². The number of ketones is 1. The second-order valence-corrected chi connectivity index (χ2v) is 6.24. The van der Waals surface area contributed by atoms with Crippen molar-refractivity contribution in [2.75, 3.05) is 0 Å². The van der Waals surface area contributed by atoms with E-state index >= 15 is 0 Å². The Hall–Kier alpha value is -3.31. The lowest BCUT2D eigenvalue weighted by Crippen LogP contribution is -2.23. The van der Waals surface area contributed by atoms with E-state index in [9.17, 15) is 14.9 Å².